The Bertz CT molecular complexity index is 7730. The van der Waals surface area contributed by atoms with Crippen molar-refractivity contribution in [3.63, 3.8) is 0 Å². The summed E-state index contributed by atoms with van der Waals surface area (Å²) in [5.74, 6) is 0.845. The molecule has 0 spiro atoms. The van der Waals surface area contributed by atoms with Crippen molar-refractivity contribution in [1.82, 2.24) is 48.4 Å². The summed E-state index contributed by atoms with van der Waals surface area (Å²) in [7, 11) is 0. The van der Waals surface area contributed by atoms with Crippen molar-refractivity contribution in [2.24, 2.45) is 0 Å². The monoisotopic (exact) mass is 1490 g/mol. The SMILES string of the molecule is c1ccc(-c2c(-c3ccccc3)n(-c3ccc(-c4cn5ccccc5n4)cc3)c3c4ccccc4c4cc(-c5cccc(-c6ccncc6)n5)c5ccccc5c4c23)cc1.c1ccc(-c2c(-c3ccccc3)n(-c3cccc(-c4ccncc4)n3)c3c4ccccc4c4cc(-c5cccc(-c6ccncc6)n5)c5ccccc5c4c23)cc1. The molecule has 0 radical (unpaired) electrons. The molecule has 10 heterocycles. The number of rotatable bonds is 12. The first-order valence-corrected chi connectivity index (χ1v) is 39.4. The van der Waals surface area contributed by atoms with Crippen molar-refractivity contribution >= 4 is 92.1 Å². The molecule has 0 N–H and O–H groups in total. The molecule has 0 fully saturated rings. The lowest BCUT2D eigenvalue weighted by Gasteiger charge is -2.17. The summed E-state index contributed by atoms with van der Waals surface area (Å²) in [5, 5.41) is 16.6. The molecule has 117 heavy (non-hydrogen) atoms. The molecule has 0 atom stereocenters. The van der Waals surface area contributed by atoms with Gasteiger partial charge in [0.05, 0.1) is 56.6 Å². The summed E-state index contributed by atoms with van der Waals surface area (Å²) in [4.78, 5) is 33.7. The predicted octanol–water partition coefficient (Wildman–Crippen LogP) is 26.9. The molecule has 546 valence electrons. The molecule has 0 bridgehead atoms. The normalized spacial score (nSPS) is 11.6. The summed E-state index contributed by atoms with van der Waals surface area (Å²) in [6.07, 6.45) is 15.1. The van der Waals surface area contributed by atoms with Gasteiger partial charge < -0.3 is 8.97 Å². The molecule has 13 aromatic carbocycles. The van der Waals surface area contributed by atoms with E-state index in [0.717, 1.165) is 140 Å². The molecular formula is C107H68N10. The van der Waals surface area contributed by atoms with Crippen molar-refractivity contribution in [3.05, 3.63) is 414 Å². The van der Waals surface area contributed by atoms with E-state index in [1.165, 1.54) is 75.9 Å². The number of hydrogen-bond donors (Lipinski definition) is 0. The fourth-order valence-electron chi connectivity index (χ4n) is 17.7. The number of imidazole rings is 1. The van der Waals surface area contributed by atoms with Crippen molar-refractivity contribution in [3.8, 4) is 124 Å². The largest absolute Gasteiger partial charge is 0.308 e. The Morgan fingerprint density at radius 2 is 0.581 bits per heavy atom. The van der Waals surface area contributed by atoms with E-state index in [2.05, 4.69) is 344 Å². The molecule has 10 heteroatoms. The zero-order valence-electron chi connectivity index (χ0n) is 63.2. The highest BCUT2D eigenvalue weighted by Gasteiger charge is 2.31. The van der Waals surface area contributed by atoms with Crippen molar-refractivity contribution in [1.29, 1.82) is 0 Å². The smallest absolute Gasteiger partial charge is 0.138 e. The zero-order chi connectivity index (χ0) is 77.3. The molecule has 23 rings (SSSR count). The average Bonchev–Trinajstić information content (AvgIpc) is 1.56. The summed E-state index contributed by atoms with van der Waals surface area (Å²) >= 11 is 0. The van der Waals surface area contributed by atoms with Crippen LogP contribution in [0.5, 0.6) is 0 Å². The van der Waals surface area contributed by atoms with E-state index in [1.54, 1.807) is 0 Å². The summed E-state index contributed by atoms with van der Waals surface area (Å²) < 4.78 is 6.98. The van der Waals surface area contributed by atoms with Crippen molar-refractivity contribution in [2.45, 2.75) is 0 Å². The summed E-state index contributed by atoms with van der Waals surface area (Å²) in [6.45, 7) is 0. The van der Waals surface area contributed by atoms with Crippen LogP contribution in [0.25, 0.3) is 216 Å². The lowest BCUT2D eigenvalue weighted by molar-refractivity contribution is 1.06. The van der Waals surface area contributed by atoms with Crippen LogP contribution in [0.1, 0.15) is 0 Å². The van der Waals surface area contributed by atoms with Crippen LogP contribution in [0.4, 0.5) is 0 Å². The molecule has 23 aromatic rings. The third-order valence-corrected chi connectivity index (χ3v) is 22.8. The maximum atomic E-state index is 5.42. The Balaban J connectivity index is 0.000000142. The van der Waals surface area contributed by atoms with Gasteiger partial charge >= 0.3 is 0 Å². The van der Waals surface area contributed by atoms with Crippen LogP contribution in [0, 0.1) is 0 Å². The average molecular weight is 1490 g/mol. The molecule has 0 saturated carbocycles. The minimum atomic E-state index is 0.845. The van der Waals surface area contributed by atoms with Gasteiger partial charge in [-0.25, -0.2) is 19.9 Å². The van der Waals surface area contributed by atoms with E-state index >= 15 is 0 Å². The van der Waals surface area contributed by atoms with E-state index in [1.807, 2.05) is 98.0 Å². The second-order valence-electron chi connectivity index (χ2n) is 29.4. The summed E-state index contributed by atoms with van der Waals surface area (Å²) in [6, 6.07) is 130. The molecule has 10 aromatic heterocycles. The molecule has 0 unspecified atom stereocenters. The molecule has 0 amide bonds. The number of fused-ring (bicyclic) bond motifs is 17. The second-order valence-corrected chi connectivity index (χ2v) is 29.4. The third-order valence-electron chi connectivity index (χ3n) is 22.8. The Morgan fingerprint density at radius 3 is 1.04 bits per heavy atom. The van der Waals surface area contributed by atoms with E-state index < -0.39 is 0 Å². The highest BCUT2D eigenvalue weighted by molar-refractivity contribution is 6.38. The van der Waals surface area contributed by atoms with Gasteiger partial charge in [-0.05, 0) is 175 Å². The van der Waals surface area contributed by atoms with Gasteiger partial charge in [0.2, 0.25) is 0 Å². The van der Waals surface area contributed by atoms with Gasteiger partial charge in [-0.1, -0.05) is 255 Å². The number of aromatic nitrogens is 10. The first-order chi connectivity index (χ1) is 58.1. The molecule has 0 aliphatic heterocycles. The van der Waals surface area contributed by atoms with E-state index in [9.17, 15) is 0 Å². The standard InChI is InChI=1S/C55H35N5.C52H33N5/c1-3-14-38(15-4-1)51-53-52-43-20-9-7-18-41(43)45(48-23-13-22-47(57-48)37-29-31-56-32-30-37)34-46(52)42-19-8-10-21-44(42)55(53)60(54(51)39-16-5-2-6-17-39)40-27-25-36(26-28-40)49-35-59-33-12-11-24-50(59)58-49;1-3-13-36(14-4-1)48-50-49-40-19-9-7-17-38(40)42(46-23-11-21-44(55-46)34-25-29-53-30-26-34)33-43(49)39-18-8-10-20-41(39)52(50)57(51(48)37-15-5-2-6-16-37)47-24-12-22-45(56-47)35-27-31-54-32-28-35/h1-35H;1-33H. The van der Waals surface area contributed by atoms with Gasteiger partial charge in [0.1, 0.15) is 11.5 Å². The first-order valence-electron chi connectivity index (χ1n) is 39.4. The maximum absolute atomic E-state index is 5.42. The Morgan fingerprint density at radius 1 is 0.214 bits per heavy atom. The van der Waals surface area contributed by atoms with Crippen molar-refractivity contribution in [2.75, 3.05) is 0 Å². The quantitative estimate of drug-likeness (QED) is 0.112. The highest BCUT2D eigenvalue weighted by Crippen LogP contribution is 2.54. The van der Waals surface area contributed by atoms with E-state index in [0.29, 0.717) is 0 Å². The van der Waals surface area contributed by atoms with Crippen LogP contribution in [-0.4, -0.2) is 48.4 Å². The molecule has 0 aliphatic rings. The van der Waals surface area contributed by atoms with Gasteiger partial charge in [-0.15, -0.1) is 0 Å². The van der Waals surface area contributed by atoms with Crippen LogP contribution < -0.4 is 0 Å². The molecular weight excluding hydrogens is 1430 g/mol. The van der Waals surface area contributed by atoms with Crippen LogP contribution in [0.2, 0.25) is 0 Å². The summed E-state index contributed by atoms with van der Waals surface area (Å²) in [5.41, 5.74) is 25.3. The first kappa shape index (κ1) is 67.9. The number of benzene rings is 13. The Hall–Kier alpha value is -15.9. The second kappa shape index (κ2) is 28.7. The molecule has 10 nitrogen and oxygen atoms in total. The topological polar surface area (TPSA) is 105 Å². The number of hydrogen-bond acceptors (Lipinski definition) is 7. The lowest BCUT2D eigenvalue weighted by Crippen LogP contribution is -2.02. The Labute approximate surface area is 673 Å². The van der Waals surface area contributed by atoms with Crippen molar-refractivity contribution < 1.29 is 0 Å². The minimum Gasteiger partial charge on any atom is -0.308 e. The highest BCUT2D eigenvalue weighted by atomic mass is 15.1. The molecule has 0 saturated heterocycles. The van der Waals surface area contributed by atoms with Crippen LogP contribution in [-0.2, 0) is 0 Å². The lowest BCUT2D eigenvalue weighted by atomic mass is 9.87. The number of nitrogens with zero attached hydrogens (tertiary/aromatic N) is 10. The van der Waals surface area contributed by atoms with Crippen LogP contribution in [0.3, 0.4) is 0 Å². The minimum absolute atomic E-state index is 0.845. The maximum Gasteiger partial charge on any atom is 0.138 e. The van der Waals surface area contributed by atoms with Gasteiger partial charge in [0, 0.05) is 132 Å². The van der Waals surface area contributed by atoms with Gasteiger partial charge in [0.25, 0.3) is 0 Å². The fraction of sp³-hybridized carbons (Fsp3) is 0. The predicted molar refractivity (Wildman–Crippen MR) is 481 cm³/mol. The number of pyridine rings is 7. The van der Waals surface area contributed by atoms with Crippen LogP contribution >= 0.6 is 0 Å². The third kappa shape index (κ3) is 11.7. The van der Waals surface area contributed by atoms with Crippen LogP contribution in [0.15, 0.2) is 414 Å². The van der Waals surface area contributed by atoms with E-state index in [-0.39, 0.29) is 0 Å². The van der Waals surface area contributed by atoms with E-state index in [4.69, 9.17) is 19.9 Å². The van der Waals surface area contributed by atoms with Gasteiger partial charge in [-0.2, -0.15) is 0 Å². The fourth-order valence-corrected chi connectivity index (χ4v) is 17.7. The zero-order valence-corrected chi connectivity index (χ0v) is 63.2. The van der Waals surface area contributed by atoms with Gasteiger partial charge in [0.15, 0.2) is 0 Å². The van der Waals surface area contributed by atoms with Gasteiger partial charge in [-0.3, -0.25) is 19.5 Å². The molecule has 0 aliphatic carbocycles. The Kier molecular flexibility index (Phi) is 16.7.